The molecule has 3 heterocycles. The fourth-order valence-corrected chi connectivity index (χ4v) is 3.54. The molecule has 4 rings (SSSR count). The second kappa shape index (κ2) is 8.28. The van der Waals surface area contributed by atoms with Gasteiger partial charge in [0.2, 0.25) is 0 Å². The van der Waals surface area contributed by atoms with Crippen molar-refractivity contribution < 1.29 is 9.21 Å². The van der Waals surface area contributed by atoms with E-state index >= 15 is 0 Å². The summed E-state index contributed by atoms with van der Waals surface area (Å²) in [6.07, 6.45) is 5.18. The summed E-state index contributed by atoms with van der Waals surface area (Å²) in [6.45, 7) is 1.79. The molecular formula is C22H18N4O2S. The van der Waals surface area contributed by atoms with Crippen LogP contribution in [0.15, 0.2) is 76.5 Å². The normalized spacial score (nSPS) is 10.7. The zero-order valence-electron chi connectivity index (χ0n) is 15.9. The van der Waals surface area contributed by atoms with Crippen LogP contribution in [-0.4, -0.2) is 27.1 Å². The maximum Gasteiger partial charge on any atom is 0.261 e. The molecule has 1 amide bonds. The Morgan fingerprint density at radius 3 is 2.48 bits per heavy atom. The molecule has 144 valence electrons. The molecule has 7 heteroatoms. The minimum atomic E-state index is -0.294. The Morgan fingerprint density at radius 1 is 1.00 bits per heavy atom. The quantitative estimate of drug-likeness (QED) is 0.370. The number of hydrogen-bond donors (Lipinski definition) is 1. The van der Waals surface area contributed by atoms with Crippen LogP contribution in [-0.2, 0) is 0 Å². The van der Waals surface area contributed by atoms with Gasteiger partial charge in [-0.05, 0) is 43.0 Å². The predicted octanol–water partition coefficient (Wildman–Crippen LogP) is 5.08. The van der Waals surface area contributed by atoms with E-state index in [1.165, 1.54) is 11.8 Å². The lowest BCUT2D eigenvalue weighted by Gasteiger charge is -2.11. The van der Waals surface area contributed by atoms with Crippen molar-refractivity contribution in [1.82, 2.24) is 15.0 Å². The van der Waals surface area contributed by atoms with Crippen LogP contribution in [0.1, 0.15) is 16.1 Å². The lowest BCUT2D eigenvalue weighted by molar-refractivity contribution is 0.102. The number of nitrogens with zero attached hydrogens (tertiary/aromatic N) is 3. The Kier molecular flexibility index (Phi) is 5.39. The molecule has 0 aliphatic heterocycles. The Balaban J connectivity index is 1.58. The number of furan rings is 1. The first-order valence-corrected chi connectivity index (χ1v) is 10.2. The highest BCUT2D eigenvalue weighted by Crippen LogP contribution is 2.26. The van der Waals surface area contributed by atoms with Gasteiger partial charge in [-0.1, -0.05) is 30.3 Å². The topological polar surface area (TPSA) is 80.9 Å². The Bertz CT molecular complexity index is 1130. The van der Waals surface area contributed by atoms with Gasteiger partial charge in [0.15, 0.2) is 11.6 Å². The number of carbonyl (C=O) groups is 1. The molecule has 0 unspecified atom stereocenters. The summed E-state index contributed by atoms with van der Waals surface area (Å²) in [5.74, 6) is 1.20. The smallest absolute Gasteiger partial charge is 0.261 e. The van der Waals surface area contributed by atoms with Crippen molar-refractivity contribution in [3.63, 3.8) is 0 Å². The predicted molar refractivity (Wildman–Crippen MR) is 114 cm³/mol. The van der Waals surface area contributed by atoms with Gasteiger partial charge < -0.3 is 9.73 Å². The van der Waals surface area contributed by atoms with Crippen molar-refractivity contribution in [2.45, 2.75) is 11.9 Å². The largest absolute Gasteiger partial charge is 0.461 e. The van der Waals surface area contributed by atoms with E-state index in [2.05, 4.69) is 20.3 Å². The first-order valence-electron chi connectivity index (χ1n) is 8.95. The number of nitrogens with one attached hydrogen (secondary N) is 1. The maximum atomic E-state index is 12.9. The molecule has 3 aromatic heterocycles. The van der Waals surface area contributed by atoms with Gasteiger partial charge in [0.05, 0.1) is 17.5 Å². The SMILES string of the molecule is CSc1nc(-c2ccco2)nc(C)c1C(=O)Nc1ccc(-c2ccccc2)cn1. The van der Waals surface area contributed by atoms with E-state index in [1.807, 2.05) is 42.7 Å². The van der Waals surface area contributed by atoms with E-state index < -0.39 is 0 Å². The number of aryl methyl sites for hydroxylation is 1. The molecule has 1 aromatic carbocycles. The molecule has 0 aliphatic rings. The summed E-state index contributed by atoms with van der Waals surface area (Å²) < 4.78 is 5.37. The van der Waals surface area contributed by atoms with E-state index in [0.717, 1.165) is 11.1 Å². The van der Waals surface area contributed by atoms with E-state index in [0.29, 0.717) is 33.7 Å². The molecule has 0 saturated carbocycles. The number of hydrogen-bond acceptors (Lipinski definition) is 6. The molecule has 1 N–H and O–H groups in total. The summed E-state index contributed by atoms with van der Waals surface area (Å²) in [5.41, 5.74) is 3.06. The summed E-state index contributed by atoms with van der Waals surface area (Å²) >= 11 is 1.39. The Morgan fingerprint density at radius 2 is 1.83 bits per heavy atom. The summed E-state index contributed by atoms with van der Waals surface area (Å²) in [4.78, 5) is 26.2. The fourth-order valence-electron chi connectivity index (χ4n) is 2.92. The average molecular weight is 402 g/mol. The Hall–Kier alpha value is -3.45. The molecule has 0 aliphatic carbocycles. The molecule has 0 spiro atoms. The molecule has 0 atom stereocenters. The number of anilines is 1. The van der Waals surface area contributed by atoms with Crippen LogP contribution in [0.25, 0.3) is 22.7 Å². The van der Waals surface area contributed by atoms with Gasteiger partial charge in [0, 0.05) is 11.8 Å². The van der Waals surface area contributed by atoms with Crippen molar-refractivity contribution in [2.75, 3.05) is 11.6 Å². The van der Waals surface area contributed by atoms with Gasteiger partial charge in [0.1, 0.15) is 10.8 Å². The second-order valence-corrected chi connectivity index (χ2v) is 7.04. The van der Waals surface area contributed by atoms with E-state index in [-0.39, 0.29) is 5.91 Å². The van der Waals surface area contributed by atoms with Gasteiger partial charge in [0.25, 0.3) is 5.91 Å². The van der Waals surface area contributed by atoms with Gasteiger partial charge in [-0.25, -0.2) is 15.0 Å². The summed E-state index contributed by atoms with van der Waals surface area (Å²) in [5, 5.41) is 3.43. The first kappa shape index (κ1) is 18.9. The average Bonchev–Trinajstić information content (AvgIpc) is 3.29. The molecular weight excluding hydrogens is 384 g/mol. The number of thioether (sulfide) groups is 1. The van der Waals surface area contributed by atoms with Crippen LogP contribution in [0.4, 0.5) is 5.82 Å². The summed E-state index contributed by atoms with van der Waals surface area (Å²) in [6, 6.07) is 17.2. The van der Waals surface area contributed by atoms with Gasteiger partial charge in [-0.2, -0.15) is 0 Å². The zero-order chi connectivity index (χ0) is 20.2. The van der Waals surface area contributed by atoms with E-state index in [4.69, 9.17) is 4.42 Å². The number of rotatable bonds is 5. The van der Waals surface area contributed by atoms with Crippen molar-refractivity contribution in [2.24, 2.45) is 0 Å². The lowest BCUT2D eigenvalue weighted by atomic mass is 10.1. The molecule has 4 aromatic rings. The minimum Gasteiger partial charge on any atom is -0.461 e. The van der Waals surface area contributed by atoms with E-state index in [9.17, 15) is 4.79 Å². The van der Waals surface area contributed by atoms with Gasteiger partial charge in [-0.15, -0.1) is 11.8 Å². The standard InChI is InChI=1S/C22H18N4O2S/c1-14-19(22(29-2)26-20(24-14)17-9-6-12-28-17)21(27)25-18-11-10-16(13-23-18)15-7-4-3-5-8-15/h3-13H,1-2H3,(H,23,25,27). The van der Waals surface area contributed by atoms with Gasteiger partial charge in [-0.3, -0.25) is 4.79 Å². The van der Waals surface area contributed by atoms with Crippen LogP contribution < -0.4 is 5.32 Å². The highest BCUT2D eigenvalue weighted by molar-refractivity contribution is 7.98. The Labute approximate surface area is 172 Å². The van der Waals surface area contributed by atoms with Gasteiger partial charge >= 0.3 is 0 Å². The van der Waals surface area contributed by atoms with Crippen molar-refractivity contribution >= 4 is 23.5 Å². The third-order valence-corrected chi connectivity index (χ3v) is 5.01. The second-order valence-electron chi connectivity index (χ2n) is 6.25. The third kappa shape index (κ3) is 4.05. The van der Waals surface area contributed by atoms with E-state index in [1.54, 1.807) is 37.6 Å². The number of pyridine rings is 1. The third-order valence-electron chi connectivity index (χ3n) is 4.33. The highest BCUT2D eigenvalue weighted by atomic mass is 32.2. The number of amides is 1. The fraction of sp³-hybridized carbons (Fsp3) is 0.0909. The minimum absolute atomic E-state index is 0.294. The lowest BCUT2D eigenvalue weighted by Crippen LogP contribution is -2.17. The molecule has 0 saturated heterocycles. The van der Waals surface area contributed by atoms with Crippen LogP contribution in [0.2, 0.25) is 0 Å². The number of aromatic nitrogens is 3. The monoisotopic (exact) mass is 402 g/mol. The van der Waals surface area contributed by atoms with Crippen molar-refractivity contribution in [1.29, 1.82) is 0 Å². The maximum absolute atomic E-state index is 12.9. The molecule has 29 heavy (non-hydrogen) atoms. The van der Waals surface area contributed by atoms with Crippen LogP contribution >= 0.6 is 11.8 Å². The van der Waals surface area contributed by atoms with Crippen LogP contribution in [0.5, 0.6) is 0 Å². The zero-order valence-corrected chi connectivity index (χ0v) is 16.7. The highest BCUT2D eigenvalue weighted by Gasteiger charge is 2.20. The summed E-state index contributed by atoms with van der Waals surface area (Å²) in [7, 11) is 0. The van der Waals surface area contributed by atoms with Crippen molar-refractivity contribution in [3.8, 4) is 22.7 Å². The van der Waals surface area contributed by atoms with Crippen molar-refractivity contribution in [3.05, 3.63) is 78.3 Å². The van der Waals surface area contributed by atoms with Crippen LogP contribution in [0, 0.1) is 6.92 Å². The van der Waals surface area contributed by atoms with Crippen LogP contribution in [0.3, 0.4) is 0 Å². The first-order chi connectivity index (χ1) is 14.2. The molecule has 6 nitrogen and oxygen atoms in total. The number of benzene rings is 1. The molecule has 0 fully saturated rings. The number of carbonyl (C=O) groups excluding carboxylic acids is 1. The molecule has 0 bridgehead atoms. The molecule has 0 radical (unpaired) electrons.